The summed E-state index contributed by atoms with van der Waals surface area (Å²) in [7, 11) is 0. The van der Waals surface area contributed by atoms with E-state index in [0.717, 1.165) is 122 Å². The SMILES string of the molecule is CCOC(=O)CC(C)=[OH+].Cc1cc(=O)oc2c3c4c(c(O)c12)CCCN4CCC3.Oc1cc(O)c2c3c1CCCN3CCC2. The van der Waals surface area contributed by atoms with E-state index in [1.807, 2.05) is 6.92 Å². The molecule has 0 bridgehead atoms. The standard InChI is InChI=1S/C16H17NO3.C12H15NO2.C6H10O3/c1-9-8-12(18)20-16-11-5-3-7-17-6-2-4-10(14(11)17)15(19)13(9)16;14-10-7-11(15)9-4-2-6-13-5-1-3-8(10)12(9)13;1-3-9-6(8)4-5(2)7/h8,19H,2-7H2,1H3;7,14-15H,1-6H2;3-4H2,1-2H3/p+1. The lowest BCUT2D eigenvalue weighted by Gasteiger charge is -2.37. The van der Waals surface area contributed by atoms with Crippen molar-refractivity contribution in [2.24, 2.45) is 0 Å². The Kier molecular flexibility index (Phi) is 9.36. The van der Waals surface area contributed by atoms with Crippen molar-refractivity contribution in [1.82, 2.24) is 0 Å². The van der Waals surface area contributed by atoms with Crippen molar-refractivity contribution < 1.29 is 34.1 Å². The number of carbonyl (C=O) groups is 1. The van der Waals surface area contributed by atoms with Crippen LogP contribution in [-0.2, 0) is 35.2 Å². The second kappa shape index (κ2) is 13.2. The Morgan fingerprint density at radius 1 is 0.864 bits per heavy atom. The lowest BCUT2D eigenvalue weighted by molar-refractivity contribution is -0.141. The predicted octanol–water partition coefficient (Wildman–Crippen LogP) is 4.81. The first kappa shape index (κ1) is 31.2. The second-order valence-electron chi connectivity index (χ2n) is 11.9. The summed E-state index contributed by atoms with van der Waals surface area (Å²) in [5.74, 6) is 0.549. The summed E-state index contributed by atoms with van der Waals surface area (Å²) < 4.78 is 9.98. The van der Waals surface area contributed by atoms with Crippen LogP contribution in [0, 0.1) is 6.92 Å². The van der Waals surface area contributed by atoms with Gasteiger partial charge in [-0.15, -0.1) is 0 Å². The average Bonchev–Trinajstić information content (AvgIpc) is 2.98. The highest BCUT2D eigenvalue weighted by Gasteiger charge is 2.31. The number of hydrogen-bond donors (Lipinski definition) is 3. The highest BCUT2D eigenvalue weighted by molar-refractivity contribution is 5.96. The molecule has 10 heteroatoms. The van der Waals surface area contributed by atoms with Crippen LogP contribution in [0.5, 0.6) is 17.2 Å². The number of phenolic OH excluding ortho intramolecular Hbond substituents is 3. The molecule has 0 fully saturated rings. The van der Waals surface area contributed by atoms with Gasteiger partial charge in [0.25, 0.3) is 0 Å². The fraction of sp³-hybridized carbons (Fsp3) is 0.500. The molecule has 0 unspecified atom stereocenters. The molecule has 3 aromatic rings. The Morgan fingerprint density at radius 2 is 1.36 bits per heavy atom. The molecule has 0 atom stereocenters. The lowest BCUT2D eigenvalue weighted by atomic mass is 9.88. The Morgan fingerprint density at radius 3 is 1.89 bits per heavy atom. The van der Waals surface area contributed by atoms with Crippen molar-refractivity contribution in [2.45, 2.75) is 78.6 Å². The van der Waals surface area contributed by atoms with E-state index >= 15 is 0 Å². The number of hydrogen-bond acceptors (Lipinski definition) is 9. The van der Waals surface area contributed by atoms with E-state index in [0.29, 0.717) is 17.9 Å². The number of ketones is 1. The molecule has 2 aromatic carbocycles. The molecule has 0 aliphatic carbocycles. The fourth-order valence-electron chi connectivity index (χ4n) is 7.00. The first-order valence-corrected chi connectivity index (χ1v) is 15.6. The number of carbonyl (C=O) groups excluding carboxylic acids is 2. The van der Waals surface area contributed by atoms with Gasteiger partial charge in [0.1, 0.15) is 22.8 Å². The Hall–Kier alpha value is -4.21. The summed E-state index contributed by atoms with van der Waals surface area (Å²) in [6.07, 6.45) is 8.05. The number of ether oxygens (including phenoxy) is 1. The lowest BCUT2D eigenvalue weighted by Crippen LogP contribution is -2.34. The first-order chi connectivity index (χ1) is 21.1. The van der Waals surface area contributed by atoms with Crippen molar-refractivity contribution in [1.29, 1.82) is 0 Å². The third kappa shape index (κ3) is 6.21. The molecule has 10 nitrogen and oxygen atoms in total. The van der Waals surface area contributed by atoms with E-state index in [1.54, 1.807) is 6.92 Å². The quantitative estimate of drug-likeness (QED) is 0.165. The predicted molar refractivity (Wildman–Crippen MR) is 170 cm³/mol. The molecule has 44 heavy (non-hydrogen) atoms. The number of benzene rings is 2. The fourth-order valence-corrected chi connectivity index (χ4v) is 7.00. The van der Waals surface area contributed by atoms with Crippen LogP contribution in [0.25, 0.3) is 11.0 Å². The van der Waals surface area contributed by atoms with Gasteiger partial charge in [0, 0.05) is 67.5 Å². The van der Waals surface area contributed by atoms with Crippen molar-refractivity contribution in [2.75, 3.05) is 42.6 Å². The first-order valence-electron chi connectivity index (χ1n) is 15.6. The maximum absolute atomic E-state index is 11.7. The number of anilines is 2. The number of phenols is 3. The minimum absolute atomic E-state index is 0.00778. The topological polar surface area (TPSA) is 145 Å². The molecule has 0 spiro atoms. The molecule has 0 amide bonds. The van der Waals surface area contributed by atoms with Gasteiger partial charge in [-0.25, -0.2) is 4.79 Å². The highest BCUT2D eigenvalue weighted by Crippen LogP contribution is 2.46. The van der Waals surface area contributed by atoms with Gasteiger partial charge in [-0.2, -0.15) is 0 Å². The summed E-state index contributed by atoms with van der Waals surface area (Å²) >= 11 is 0. The number of aromatic hydroxyl groups is 3. The van der Waals surface area contributed by atoms with E-state index in [9.17, 15) is 24.9 Å². The van der Waals surface area contributed by atoms with E-state index in [-0.39, 0.29) is 35.3 Å². The summed E-state index contributed by atoms with van der Waals surface area (Å²) in [4.78, 5) is 35.3. The molecule has 5 heterocycles. The van der Waals surface area contributed by atoms with Crippen molar-refractivity contribution >= 4 is 34.1 Å². The van der Waals surface area contributed by atoms with Gasteiger partial charge in [-0.3, -0.25) is 9.59 Å². The zero-order valence-electron chi connectivity index (χ0n) is 25.9. The number of rotatable bonds is 3. The maximum atomic E-state index is 11.7. The third-order valence-electron chi connectivity index (χ3n) is 8.75. The van der Waals surface area contributed by atoms with Crippen LogP contribution in [0.15, 0.2) is 21.3 Å². The van der Waals surface area contributed by atoms with Gasteiger partial charge < -0.3 is 34.3 Å². The monoisotopic (exact) mass is 607 g/mol. The molecule has 236 valence electrons. The van der Waals surface area contributed by atoms with Crippen LogP contribution in [0.4, 0.5) is 11.4 Å². The largest absolute Gasteiger partial charge is 0.507 e. The Labute approximate surface area is 256 Å². The van der Waals surface area contributed by atoms with E-state index < -0.39 is 0 Å². The Bertz CT molecular complexity index is 1610. The smallest absolute Gasteiger partial charge is 0.336 e. The van der Waals surface area contributed by atoms with Crippen LogP contribution < -0.4 is 15.4 Å². The molecule has 0 saturated carbocycles. The van der Waals surface area contributed by atoms with Gasteiger partial charge in [-0.1, -0.05) is 0 Å². The third-order valence-corrected chi connectivity index (χ3v) is 8.75. The van der Waals surface area contributed by atoms with Gasteiger partial charge in [0.15, 0.2) is 6.42 Å². The highest BCUT2D eigenvalue weighted by atomic mass is 16.5. The summed E-state index contributed by atoms with van der Waals surface area (Å²) in [5, 5.41) is 31.0. The van der Waals surface area contributed by atoms with E-state index in [4.69, 9.17) is 9.21 Å². The molecule has 4 N–H and O–H groups in total. The molecule has 1 aromatic heterocycles. The minimum Gasteiger partial charge on any atom is -0.507 e. The van der Waals surface area contributed by atoms with Crippen molar-refractivity contribution in [3.8, 4) is 17.2 Å². The Balaban J connectivity index is 0.000000142. The molecule has 0 saturated heterocycles. The van der Waals surface area contributed by atoms with Crippen LogP contribution >= 0.6 is 0 Å². The van der Waals surface area contributed by atoms with Gasteiger partial charge in [0.05, 0.1) is 23.4 Å². The zero-order chi connectivity index (χ0) is 31.5. The summed E-state index contributed by atoms with van der Waals surface area (Å²) in [6, 6.07) is 2.97. The molecule has 0 radical (unpaired) electrons. The van der Waals surface area contributed by atoms with Crippen LogP contribution in [0.1, 0.15) is 73.8 Å². The van der Waals surface area contributed by atoms with Gasteiger partial charge in [-0.05, 0) is 70.8 Å². The number of fused-ring (bicyclic) bond motifs is 2. The number of esters is 1. The van der Waals surface area contributed by atoms with E-state index in [1.165, 1.54) is 19.1 Å². The number of aryl methyl sites for hydroxylation is 2. The van der Waals surface area contributed by atoms with E-state index in [2.05, 4.69) is 14.5 Å². The number of nitrogens with zero attached hydrogens (tertiary/aromatic N) is 2. The normalized spacial score (nSPS) is 16.1. The molecular weight excluding hydrogens is 564 g/mol. The maximum Gasteiger partial charge on any atom is 0.336 e. The van der Waals surface area contributed by atoms with Gasteiger partial charge >= 0.3 is 17.4 Å². The minimum atomic E-state index is -0.377. The van der Waals surface area contributed by atoms with Gasteiger partial charge in [0.2, 0.25) is 0 Å². The molecule has 7 rings (SSSR count). The van der Waals surface area contributed by atoms with Crippen LogP contribution in [0.3, 0.4) is 0 Å². The average molecular weight is 608 g/mol. The molecule has 4 aliphatic heterocycles. The second-order valence-corrected chi connectivity index (χ2v) is 11.9. The summed E-state index contributed by atoms with van der Waals surface area (Å²) in [5.41, 5.74) is 7.52. The van der Waals surface area contributed by atoms with Crippen LogP contribution in [-0.4, -0.2) is 64.7 Å². The zero-order valence-corrected chi connectivity index (χ0v) is 25.9. The van der Waals surface area contributed by atoms with Crippen molar-refractivity contribution in [3.05, 3.63) is 50.4 Å². The molecular formula is C34H43N2O8+. The molecule has 4 aliphatic rings. The van der Waals surface area contributed by atoms with Crippen molar-refractivity contribution in [3.63, 3.8) is 0 Å². The van der Waals surface area contributed by atoms with Crippen LogP contribution in [0.2, 0.25) is 0 Å². The summed E-state index contributed by atoms with van der Waals surface area (Å²) in [6.45, 7) is 9.60.